The third-order valence-corrected chi connectivity index (χ3v) is 3.31. The molecule has 0 amide bonds. The second-order valence-electron chi connectivity index (χ2n) is 4.85. The fourth-order valence-corrected chi connectivity index (χ4v) is 2.14. The van der Waals surface area contributed by atoms with Crippen molar-refractivity contribution in [1.82, 2.24) is 0 Å². The SMILES string of the molecule is CCOC(=O)CC[NH2+][C@@H](C)[C@H]1COc2ccccc2O1. The first kappa shape index (κ1) is 14.7. The summed E-state index contributed by atoms with van der Waals surface area (Å²) in [6.07, 6.45) is 0.412. The van der Waals surface area contributed by atoms with Gasteiger partial charge in [0.2, 0.25) is 0 Å². The van der Waals surface area contributed by atoms with Crippen molar-refractivity contribution in [3.8, 4) is 11.5 Å². The smallest absolute Gasteiger partial charge is 0.311 e. The van der Waals surface area contributed by atoms with Crippen molar-refractivity contribution in [2.45, 2.75) is 32.4 Å². The zero-order chi connectivity index (χ0) is 14.4. The van der Waals surface area contributed by atoms with Crippen LogP contribution >= 0.6 is 0 Å². The second-order valence-corrected chi connectivity index (χ2v) is 4.85. The lowest BCUT2D eigenvalue weighted by molar-refractivity contribution is -0.691. The van der Waals surface area contributed by atoms with E-state index in [4.69, 9.17) is 14.2 Å². The van der Waals surface area contributed by atoms with Gasteiger partial charge in [-0.25, -0.2) is 0 Å². The normalized spacial score (nSPS) is 18.4. The number of fused-ring (bicyclic) bond motifs is 1. The van der Waals surface area contributed by atoms with E-state index in [0.29, 0.717) is 26.2 Å². The Morgan fingerprint density at radius 1 is 1.45 bits per heavy atom. The maximum absolute atomic E-state index is 11.3. The number of ether oxygens (including phenoxy) is 3. The van der Waals surface area contributed by atoms with Crippen LogP contribution in [-0.4, -0.2) is 37.9 Å². The van der Waals surface area contributed by atoms with Crippen molar-refractivity contribution >= 4 is 5.97 Å². The Bertz CT molecular complexity index is 449. The first-order valence-electron chi connectivity index (χ1n) is 7.08. The maximum Gasteiger partial charge on any atom is 0.311 e. The Hall–Kier alpha value is -1.75. The molecule has 0 aromatic heterocycles. The molecule has 2 rings (SSSR count). The molecule has 0 saturated heterocycles. The van der Waals surface area contributed by atoms with Gasteiger partial charge in [0, 0.05) is 0 Å². The van der Waals surface area contributed by atoms with Crippen LogP contribution in [0.15, 0.2) is 24.3 Å². The van der Waals surface area contributed by atoms with E-state index in [1.807, 2.05) is 31.2 Å². The van der Waals surface area contributed by atoms with Gasteiger partial charge in [-0.1, -0.05) is 12.1 Å². The number of carbonyl (C=O) groups excluding carboxylic acids is 1. The highest BCUT2D eigenvalue weighted by molar-refractivity contribution is 5.69. The Kier molecular flexibility index (Phi) is 5.24. The average molecular weight is 280 g/mol. The van der Waals surface area contributed by atoms with Crippen molar-refractivity contribution in [3.05, 3.63) is 24.3 Å². The largest absolute Gasteiger partial charge is 0.486 e. The minimum atomic E-state index is -0.151. The summed E-state index contributed by atoms with van der Waals surface area (Å²) in [5, 5.41) is 2.10. The predicted octanol–water partition coefficient (Wildman–Crippen LogP) is 0.732. The van der Waals surface area contributed by atoms with Gasteiger partial charge in [0.25, 0.3) is 0 Å². The van der Waals surface area contributed by atoms with Gasteiger partial charge < -0.3 is 19.5 Å². The summed E-state index contributed by atoms with van der Waals surface area (Å²) < 4.78 is 16.5. The number of quaternary nitrogens is 1. The number of hydrogen-bond donors (Lipinski definition) is 1. The molecule has 20 heavy (non-hydrogen) atoms. The van der Waals surface area contributed by atoms with Crippen LogP contribution in [0.25, 0.3) is 0 Å². The fraction of sp³-hybridized carbons (Fsp3) is 0.533. The van der Waals surface area contributed by atoms with Gasteiger partial charge in [-0.2, -0.15) is 0 Å². The average Bonchev–Trinajstić information content (AvgIpc) is 2.47. The van der Waals surface area contributed by atoms with Crippen LogP contribution in [0.5, 0.6) is 11.5 Å². The predicted molar refractivity (Wildman–Crippen MR) is 73.9 cm³/mol. The van der Waals surface area contributed by atoms with Crippen molar-refractivity contribution in [2.24, 2.45) is 0 Å². The minimum Gasteiger partial charge on any atom is -0.486 e. The summed E-state index contributed by atoms with van der Waals surface area (Å²) in [6, 6.07) is 7.89. The van der Waals surface area contributed by atoms with E-state index in [-0.39, 0.29) is 18.1 Å². The van der Waals surface area contributed by atoms with Crippen LogP contribution in [0.1, 0.15) is 20.3 Å². The number of esters is 1. The molecule has 2 atom stereocenters. The molecular formula is C15H22NO4+. The van der Waals surface area contributed by atoms with Crippen molar-refractivity contribution in [1.29, 1.82) is 0 Å². The number of carbonyl (C=O) groups is 1. The Balaban J connectivity index is 1.77. The van der Waals surface area contributed by atoms with E-state index in [1.54, 1.807) is 0 Å². The summed E-state index contributed by atoms with van der Waals surface area (Å²) in [6.45, 7) is 5.56. The lowest BCUT2D eigenvalue weighted by Crippen LogP contribution is -2.92. The zero-order valence-electron chi connectivity index (χ0n) is 12.0. The molecule has 0 unspecified atom stereocenters. The quantitative estimate of drug-likeness (QED) is 0.780. The van der Waals surface area contributed by atoms with Gasteiger partial charge in [0.05, 0.1) is 19.6 Å². The number of para-hydroxylation sites is 2. The summed E-state index contributed by atoms with van der Waals surface area (Å²) in [5.74, 6) is 1.43. The molecule has 0 radical (unpaired) electrons. The highest BCUT2D eigenvalue weighted by Crippen LogP contribution is 2.31. The first-order valence-corrected chi connectivity index (χ1v) is 7.08. The second kappa shape index (κ2) is 7.14. The molecule has 1 aromatic rings. The topological polar surface area (TPSA) is 61.4 Å². The van der Waals surface area contributed by atoms with E-state index >= 15 is 0 Å². The highest BCUT2D eigenvalue weighted by Gasteiger charge is 2.28. The summed E-state index contributed by atoms with van der Waals surface area (Å²) in [7, 11) is 0. The fourth-order valence-electron chi connectivity index (χ4n) is 2.14. The summed E-state index contributed by atoms with van der Waals surface area (Å²) in [4.78, 5) is 11.3. The van der Waals surface area contributed by atoms with E-state index in [1.165, 1.54) is 0 Å². The van der Waals surface area contributed by atoms with Crippen LogP contribution in [0.4, 0.5) is 0 Å². The third kappa shape index (κ3) is 3.87. The monoisotopic (exact) mass is 280 g/mol. The van der Waals surface area contributed by atoms with Gasteiger partial charge in [-0.15, -0.1) is 0 Å². The molecule has 5 heteroatoms. The van der Waals surface area contributed by atoms with E-state index < -0.39 is 0 Å². The molecule has 1 aliphatic heterocycles. The van der Waals surface area contributed by atoms with Crippen molar-refractivity contribution in [3.63, 3.8) is 0 Å². The van der Waals surface area contributed by atoms with Crippen molar-refractivity contribution in [2.75, 3.05) is 19.8 Å². The van der Waals surface area contributed by atoms with Gasteiger partial charge in [0.1, 0.15) is 12.6 Å². The van der Waals surface area contributed by atoms with Crippen LogP contribution in [0.2, 0.25) is 0 Å². The Morgan fingerprint density at radius 3 is 2.95 bits per heavy atom. The van der Waals surface area contributed by atoms with Crippen LogP contribution < -0.4 is 14.8 Å². The zero-order valence-corrected chi connectivity index (χ0v) is 12.0. The number of hydrogen-bond acceptors (Lipinski definition) is 4. The molecule has 0 spiro atoms. The molecule has 110 valence electrons. The first-order chi connectivity index (χ1) is 9.70. The lowest BCUT2D eigenvalue weighted by atomic mass is 10.1. The van der Waals surface area contributed by atoms with Gasteiger partial charge in [-0.05, 0) is 26.0 Å². The van der Waals surface area contributed by atoms with Gasteiger partial charge >= 0.3 is 5.97 Å². The maximum atomic E-state index is 11.3. The van der Waals surface area contributed by atoms with E-state index in [9.17, 15) is 4.79 Å². The highest BCUT2D eigenvalue weighted by atomic mass is 16.6. The summed E-state index contributed by atoms with van der Waals surface area (Å²) >= 11 is 0. The molecule has 0 fully saturated rings. The molecule has 1 aromatic carbocycles. The van der Waals surface area contributed by atoms with Crippen LogP contribution in [0.3, 0.4) is 0 Å². The van der Waals surface area contributed by atoms with Crippen LogP contribution in [-0.2, 0) is 9.53 Å². The summed E-state index contributed by atoms with van der Waals surface area (Å²) in [5.41, 5.74) is 0. The third-order valence-electron chi connectivity index (χ3n) is 3.31. The van der Waals surface area contributed by atoms with Gasteiger partial charge in [0.15, 0.2) is 17.6 Å². The molecule has 1 heterocycles. The molecule has 1 aliphatic rings. The molecule has 0 aliphatic carbocycles. The lowest BCUT2D eigenvalue weighted by Gasteiger charge is -2.29. The minimum absolute atomic E-state index is 0.00732. The standard InChI is InChI=1S/C15H21NO4/c1-3-18-15(17)8-9-16-11(2)14-10-19-12-6-4-5-7-13(12)20-14/h4-7,11,14,16H,3,8-10H2,1-2H3/p+1/t11-,14+/m0/s1. The number of nitrogens with two attached hydrogens (primary N) is 1. The van der Waals surface area contributed by atoms with Gasteiger partial charge in [-0.3, -0.25) is 4.79 Å². The number of benzene rings is 1. The van der Waals surface area contributed by atoms with Crippen molar-refractivity contribution < 1.29 is 24.3 Å². The van der Waals surface area contributed by atoms with Crippen LogP contribution in [0, 0.1) is 0 Å². The van der Waals surface area contributed by atoms with E-state index in [0.717, 1.165) is 11.5 Å². The molecule has 0 saturated carbocycles. The molecule has 2 N–H and O–H groups in total. The Labute approximate surface area is 119 Å². The molecule has 5 nitrogen and oxygen atoms in total. The van der Waals surface area contributed by atoms with E-state index in [2.05, 4.69) is 12.2 Å². The Morgan fingerprint density at radius 2 is 2.20 bits per heavy atom. The number of rotatable bonds is 6. The molecule has 0 bridgehead atoms. The molecular weight excluding hydrogens is 258 g/mol.